The monoisotopic (exact) mass is 276 g/mol. The summed E-state index contributed by atoms with van der Waals surface area (Å²) in [5.41, 5.74) is 0.712. The molecule has 0 aliphatic carbocycles. The van der Waals surface area contributed by atoms with Crippen molar-refractivity contribution in [3.63, 3.8) is 0 Å². The second-order valence-electron chi connectivity index (χ2n) is 5.37. The van der Waals surface area contributed by atoms with Crippen molar-refractivity contribution >= 4 is 11.7 Å². The highest BCUT2D eigenvalue weighted by Gasteiger charge is 2.38. The zero-order chi connectivity index (χ0) is 14.8. The van der Waals surface area contributed by atoms with Crippen LogP contribution in [0.3, 0.4) is 0 Å². The van der Waals surface area contributed by atoms with E-state index < -0.39 is 0 Å². The minimum atomic E-state index is -0.0758. The molecule has 5 nitrogen and oxygen atoms in total. The molecule has 0 spiro atoms. The molecule has 2 saturated heterocycles. The Morgan fingerprint density at radius 3 is 2.85 bits per heavy atom. The van der Waals surface area contributed by atoms with Crippen molar-refractivity contribution in [1.29, 1.82) is 0 Å². The SMILES string of the molecule is [2H]N1CC2CN(C(=O)Nc3ccccc3OCC)CC2C1. The predicted molar refractivity (Wildman–Crippen MR) is 78.1 cm³/mol. The third kappa shape index (κ3) is 2.58. The molecular weight excluding hydrogens is 254 g/mol. The molecule has 3 rings (SSSR count). The predicted octanol–water partition coefficient (Wildman–Crippen LogP) is 1.77. The summed E-state index contributed by atoms with van der Waals surface area (Å²) in [5.74, 6) is 1.58. The summed E-state index contributed by atoms with van der Waals surface area (Å²) in [6.07, 6.45) is 0. The summed E-state index contributed by atoms with van der Waals surface area (Å²) < 4.78 is 13.2. The van der Waals surface area contributed by atoms with Crippen molar-refractivity contribution < 1.29 is 10.9 Å². The van der Waals surface area contributed by atoms with Gasteiger partial charge >= 0.3 is 6.03 Å². The Kier molecular flexibility index (Phi) is 3.43. The second-order valence-corrected chi connectivity index (χ2v) is 5.37. The van der Waals surface area contributed by atoms with Gasteiger partial charge in [0.15, 0.2) is 0 Å². The first kappa shape index (κ1) is 12.0. The number of carbonyl (C=O) groups excluding carboxylic acids is 1. The van der Waals surface area contributed by atoms with Crippen LogP contribution in [-0.2, 0) is 0 Å². The Hall–Kier alpha value is -1.75. The molecule has 20 heavy (non-hydrogen) atoms. The molecule has 1 aromatic rings. The molecule has 2 atom stereocenters. The molecule has 2 N–H and O–H groups in total. The van der Waals surface area contributed by atoms with E-state index in [1.165, 1.54) is 0 Å². The first-order valence-corrected chi connectivity index (χ1v) is 7.19. The Balaban J connectivity index is 1.63. The van der Waals surface area contributed by atoms with Crippen LogP contribution in [0.1, 0.15) is 6.92 Å². The van der Waals surface area contributed by atoms with Crippen LogP contribution in [0.4, 0.5) is 10.5 Å². The van der Waals surface area contributed by atoms with Gasteiger partial charge in [-0.15, -0.1) is 0 Å². The second kappa shape index (κ2) is 5.71. The number of amides is 2. The Bertz CT molecular complexity index is 511. The van der Waals surface area contributed by atoms with Crippen molar-refractivity contribution in [2.75, 3.05) is 38.1 Å². The Morgan fingerprint density at radius 1 is 1.45 bits per heavy atom. The molecule has 2 heterocycles. The lowest BCUT2D eigenvalue weighted by atomic mass is 10.0. The molecule has 0 radical (unpaired) electrons. The van der Waals surface area contributed by atoms with E-state index in [2.05, 4.69) is 5.32 Å². The van der Waals surface area contributed by atoms with Gasteiger partial charge in [0.05, 0.1) is 12.3 Å². The number of nitrogens with zero attached hydrogens (tertiary/aromatic N) is 1. The fraction of sp³-hybridized carbons (Fsp3) is 0.533. The van der Waals surface area contributed by atoms with Gasteiger partial charge in [-0.2, -0.15) is 0 Å². The van der Waals surface area contributed by atoms with E-state index in [1.54, 1.807) is 5.31 Å². The lowest BCUT2D eigenvalue weighted by Gasteiger charge is -2.19. The van der Waals surface area contributed by atoms with Crippen LogP contribution >= 0.6 is 0 Å². The minimum Gasteiger partial charge on any atom is -0.492 e. The first-order chi connectivity index (χ1) is 10.2. The molecule has 108 valence electrons. The lowest BCUT2D eigenvalue weighted by Crippen LogP contribution is -2.35. The summed E-state index contributed by atoms with van der Waals surface area (Å²) in [6.45, 7) is 5.51. The van der Waals surface area contributed by atoms with E-state index in [1.807, 2.05) is 36.1 Å². The highest BCUT2D eigenvalue weighted by molar-refractivity contribution is 5.91. The number of likely N-dealkylation sites (tertiary alicyclic amines) is 1. The van der Waals surface area contributed by atoms with Crippen molar-refractivity contribution in [1.82, 2.24) is 10.2 Å². The van der Waals surface area contributed by atoms with Crippen LogP contribution in [-0.4, -0.2) is 43.7 Å². The molecule has 5 heteroatoms. The van der Waals surface area contributed by atoms with Gasteiger partial charge in [0.2, 0.25) is 0 Å². The van der Waals surface area contributed by atoms with Crippen molar-refractivity contribution in [2.24, 2.45) is 11.8 Å². The number of nitrogens with one attached hydrogen (secondary N) is 2. The van der Waals surface area contributed by atoms with Crippen LogP contribution in [0, 0.1) is 11.8 Å². The molecule has 2 aliphatic rings. The van der Waals surface area contributed by atoms with Crippen LogP contribution < -0.4 is 15.4 Å². The summed E-state index contributed by atoms with van der Waals surface area (Å²) >= 11 is 0. The zero-order valence-corrected chi connectivity index (χ0v) is 11.7. The Morgan fingerprint density at radius 2 is 2.15 bits per heavy atom. The summed E-state index contributed by atoms with van der Waals surface area (Å²) in [4.78, 5) is 14.2. The fourth-order valence-corrected chi connectivity index (χ4v) is 2.97. The number of ether oxygens (including phenoxy) is 1. The summed E-state index contributed by atoms with van der Waals surface area (Å²) in [5, 5.41) is 4.55. The minimum absolute atomic E-state index is 0.0758. The lowest BCUT2D eigenvalue weighted by molar-refractivity contribution is 0.219. The maximum Gasteiger partial charge on any atom is 0.321 e. The van der Waals surface area contributed by atoms with Crippen LogP contribution in [0.5, 0.6) is 5.75 Å². The number of rotatable bonds is 3. The van der Waals surface area contributed by atoms with Gasteiger partial charge in [0, 0.05) is 26.2 Å². The van der Waals surface area contributed by atoms with Crippen LogP contribution in [0.15, 0.2) is 24.3 Å². The van der Waals surface area contributed by atoms with Gasteiger partial charge in [-0.25, -0.2) is 4.79 Å². The zero-order valence-electron chi connectivity index (χ0n) is 12.7. The molecule has 0 bridgehead atoms. The number of hydrogen-bond donors (Lipinski definition) is 2. The van der Waals surface area contributed by atoms with Gasteiger partial charge in [-0.1, -0.05) is 12.1 Å². The molecule has 2 aliphatic heterocycles. The van der Waals surface area contributed by atoms with Gasteiger partial charge in [0.25, 0.3) is 0 Å². The van der Waals surface area contributed by atoms with E-state index in [4.69, 9.17) is 6.15 Å². The van der Waals surface area contributed by atoms with Crippen molar-refractivity contribution in [3.05, 3.63) is 24.3 Å². The van der Waals surface area contributed by atoms with Crippen LogP contribution in [0.25, 0.3) is 0 Å². The van der Waals surface area contributed by atoms with Crippen LogP contribution in [0.2, 0.25) is 1.41 Å². The average molecular weight is 276 g/mol. The molecule has 2 fully saturated rings. The highest BCUT2D eigenvalue weighted by Crippen LogP contribution is 2.28. The van der Waals surface area contributed by atoms with Gasteiger partial charge < -0.3 is 20.3 Å². The van der Waals surface area contributed by atoms with Gasteiger partial charge in [0.1, 0.15) is 7.16 Å². The van der Waals surface area contributed by atoms with E-state index in [0.29, 0.717) is 29.9 Å². The maximum absolute atomic E-state index is 12.4. The smallest absolute Gasteiger partial charge is 0.321 e. The summed E-state index contributed by atoms with van der Waals surface area (Å²) in [6, 6.07) is 7.41. The number of para-hydroxylation sites is 2. The molecule has 1 aromatic carbocycles. The number of carbonyl (C=O) groups is 1. The number of benzene rings is 1. The normalized spacial score (nSPS) is 26.2. The Labute approximate surface area is 120 Å². The van der Waals surface area contributed by atoms with E-state index in [9.17, 15) is 4.79 Å². The largest absolute Gasteiger partial charge is 0.492 e. The quantitative estimate of drug-likeness (QED) is 0.884. The summed E-state index contributed by atoms with van der Waals surface area (Å²) in [7, 11) is 0. The van der Waals surface area contributed by atoms with E-state index >= 15 is 0 Å². The number of hydrogen-bond acceptors (Lipinski definition) is 3. The van der Waals surface area contributed by atoms with Gasteiger partial charge in [-0.05, 0) is 30.9 Å². The number of urea groups is 1. The molecule has 2 amide bonds. The van der Waals surface area contributed by atoms with Gasteiger partial charge in [-0.3, -0.25) is 0 Å². The third-order valence-corrected chi connectivity index (χ3v) is 4.02. The molecule has 0 saturated carbocycles. The van der Waals surface area contributed by atoms with E-state index in [-0.39, 0.29) is 6.03 Å². The fourth-order valence-electron chi connectivity index (χ4n) is 2.97. The molecular formula is C15H21N3O2. The molecule has 2 unspecified atom stereocenters. The van der Waals surface area contributed by atoms with Crippen molar-refractivity contribution in [2.45, 2.75) is 6.92 Å². The number of fused-ring (bicyclic) bond motifs is 1. The standard InChI is InChI=1S/C15H21N3O2/c1-2-20-14-6-4-3-5-13(14)17-15(19)18-9-11-7-16-8-12(11)10-18/h3-6,11-12,16H,2,7-10H2,1H3,(H,17,19)/i/hD. The topological polar surface area (TPSA) is 53.6 Å². The number of anilines is 1. The third-order valence-electron chi connectivity index (χ3n) is 4.02. The van der Waals surface area contributed by atoms with E-state index in [0.717, 1.165) is 26.2 Å². The molecule has 0 aromatic heterocycles. The average Bonchev–Trinajstić information content (AvgIpc) is 2.98. The highest BCUT2D eigenvalue weighted by atomic mass is 16.5. The van der Waals surface area contributed by atoms with Crippen molar-refractivity contribution in [3.8, 4) is 5.75 Å². The first-order valence-electron chi connectivity index (χ1n) is 7.63. The maximum atomic E-state index is 12.4.